The molecular formula is C18H19ClN2O3S. The van der Waals surface area contributed by atoms with E-state index in [4.69, 9.17) is 11.6 Å². The Hall–Kier alpha value is -1.89. The van der Waals surface area contributed by atoms with Crippen molar-refractivity contribution in [2.75, 3.05) is 11.9 Å². The maximum absolute atomic E-state index is 12.8. The molecule has 1 saturated heterocycles. The molecule has 2 aromatic carbocycles. The molecule has 0 saturated carbocycles. The summed E-state index contributed by atoms with van der Waals surface area (Å²) in [4.78, 5) is 12.9. The number of nitrogens with zero attached hydrogens (tertiary/aromatic N) is 1. The zero-order chi connectivity index (χ0) is 18.0. The number of nitrogens with one attached hydrogen (secondary N) is 1. The number of benzene rings is 2. The Balaban J connectivity index is 1.84. The number of rotatable bonds is 4. The number of carbonyl (C=O) groups is 1. The molecule has 7 heteroatoms. The molecule has 5 nitrogen and oxygen atoms in total. The number of hydrogen-bond acceptors (Lipinski definition) is 3. The number of hydrogen-bond donors (Lipinski definition) is 1. The van der Waals surface area contributed by atoms with Gasteiger partial charge in [-0.3, -0.25) is 4.79 Å². The van der Waals surface area contributed by atoms with Crippen molar-refractivity contribution >= 4 is 33.2 Å². The SMILES string of the molecule is Cc1ccc(Cl)cc1NC(=O)C1CCCN1S(=O)(=O)c1ccccc1. The Labute approximate surface area is 152 Å². The number of amides is 1. The molecule has 1 heterocycles. The second-order valence-corrected chi connectivity index (χ2v) is 8.36. The van der Waals surface area contributed by atoms with Crippen molar-refractivity contribution in [3.8, 4) is 0 Å². The fourth-order valence-electron chi connectivity index (χ4n) is 2.96. The highest BCUT2D eigenvalue weighted by atomic mass is 35.5. The molecule has 0 aromatic heterocycles. The first kappa shape index (κ1) is 17.9. The average Bonchev–Trinajstić information content (AvgIpc) is 3.09. The molecule has 25 heavy (non-hydrogen) atoms. The van der Waals surface area contributed by atoms with E-state index in [1.165, 1.54) is 4.31 Å². The second-order valence-electron chi connectivity index (χ2n) is 6.04. The van der Waals surface area contributed by atoms with Crippen LogP contribution in [0.5, 0.6) is 0 Å². The summed E-state index contributed by atoms with van der Waals surface area (Å²) in [6.45, 7) is 2.20. The maximum Gasteiger partial charge on any atom is 0.243 e. The molecule has 0 radical (unpaired) electrons. The lowest BCUT2D eigenvalue weighted by molar-refractivity contribution is -0.119. The van der Waals surface area contributed by atoms with Crippen molar-refractivity contribution in [1.29, 1.82) is 0 Å². The van der Waals surface area contributed by atoms with Gasteiger partial charge in [-0.15, -0.1) is 0 Å². The van der Waals surface area contributed by atoms with E-state index in [0.717, 1.165) is 5.56 Å². The predicted molar refractivity (Wildman–Crippen MR) is 98.2 cm³/mol. The van der Waals surface area contributed by atoms with Gasteiger partial charge >= 0.3 is 0 Å². The topological polar surface area (TPSA) is 66.5 Å². The van der Waals surface area contributed by atoms with Crippen LogP contribution >= 0.6 is 11.6 Å². The summed E-state index contributed by atoms with van der Waals surface area (Å²) in [6, 6.07) is 12.7. The van der Waals surface area contributed by atoms with Crippen molar-refractivity contribution in [3.05, 3.63) is 59.1 Å². The summed E-state index contributed by atoms with van der Waals surface area (Å²) in [6.07, 6.45) is 1.15. The van der Waals surface area contributed by atoms with Crippen LogP contribution in [-0.4, -0.2) is 31.2 Å². The van der Waals surface area contributed by atoms with Crippen LogP contribution in [0.4, 0.5) is 5.69 Å². The van der Waals surface area contributed by atoms with Gasteiger partial charge in [0.1, 0.15) is 6.04 Å². The van der Waals surface area contributed by atoms with Crippen LogP contribution in [0.15, 0.2) is 53.4 Å². The van der Waals surface area contributed by atoms with Crippen LogP contribution < -0.4 is 5.32 Å². The monoisotopic (exact) mass is 378 g/mol. The molecule has 0 bridgehead atoms. The number of carbonyl (C=O) groups excluding carboxylic acids is 1. The smallest absolute Gasteiger partial charge is 0.243 e. The molecule has 1 N–H and O–H groups in total. The summed E-state index contributed by atoms with van der Waals surface area (Å²) in [7, 11) is -3.70. The van der Waals surface area contributed by atoms with Gasteiger partial charge in [0.15, 0.2) is 0 Å². The first-order valence-corrected chi connectivity index (χ1v) is 9.85. The number of halogens is 1. The van der Waals surface area contributed by atoms with Crippen molar-refractivity contribution < 1.29 is 13.2 Å². The molecule has 3 rings (SSSR count). The Bertz CT molecular complexity index is 884. The van der Waals surface area contributed by atoms with Crippen LogP contribution in [-0.2, 0) is 14.8 Å². The molecule has 1 unspecified atom stereocenters. The minimum atomic E-state index is -3.70. The standard InChI is InChI=1S/C18H19ClN2O3S/c1-13-9-10-14(19)12-16(13)20-18(22)17-8-5-11-21(17)25(23,24)15-6-3-2-4-7-15/h2-4,6-7,9-10,12,17H,5,8,11H2,1H3,(H,20,22). The van der Waals surface area contributed by atoms with Gasteiger partial charge in [0.2, 0.25) is 15.9 Å². The fraction of sp³-hybridized carbons (Fsp3) is 0.278. The van der Waals surface area contributed by atoms with Gasteiger partial charge in [0.05, 0.1) is 4.90 Å². The molecule has 1 atom stereocenters. The fourth-order valence-corrected chi connectivity index (χ4v) is 4.81. The van der Waals surface area contributed by atoms with Gasteiger partial charge in [-0.05, 0) is 49.6 Å². The lowest BCUT2D eigenvalue weighted by Gasteiger charge is -2.23. The summed E-state index contributed by atoms with van der Waals surface area (Å²) in [5.74, 6) is -0.331. The van der Waals surface area contributed by atoms with Gasteiger partial charge in [-0.2, -0.15) is 4.31 Å². The minimum absolute atomic E-state index is 0.202. The summed E-state index contributed by atoms with van der Waals surface area (Å²) in [5, 5.41) is 3.33. The molecule has 1 aliphatic rings. The highest BCUT2D eigenvalue weighted by Crippen LogP contribution is 2.28. The minimum Gasteiger partial charge on any atom is -0.324 e. The van der Waals surface area contributed by atoms with Crippen molar-refractivity contribution in [2.24, 2.45) is 0 Å². The van der Waals surface area contributed by atoms with Gasteiger partial charge < -0.3 is 5.32 Å². The van der Waals surface area contributed by atoms with Crippen molar-refractivity contribution in [3.63, 3.8) is 0 Å². The average molecular weight is 379 g/mol. The molecule has 1 amide bonds. The summed E-state index contributed by atoms with van der Waals surface area (Å²) < 4.78 is 27.0. The number of sulfonamides is 1. The zero-order valence-corrected chi connectivity index (χ0v) is 15.3. The molecule has 132 valence electrons. The van der Waals surface area contributed by atoms with Crippen LogP contribution in [0.3, 0.4) is 0 Å². The number of anilines is 1. The van der Waals surface area contributed by atoms with E-state index in [2.05, 4.69) is 5.32 Å². The van der Waals surface area contributed by atoms with Crippen molar-refractivity contribution in [2.45, 2.75) is 30.7 Å². The molecule has 1 fully saturated rings. The maximum atomic E-state index is 12.8. The Morgan fingerprint density at radius 3 is 2.64 bits per heavy atom. The van der Waals surface area contributed by atoms with Gasteiger partial charge in [-0.25, -0.2) is 8.42 Å². The first-order valence-electron chi connectivity index (χ1n) is 8.03. The molecular weight excluding hydrogens is 360 g/mol. The molecule has 2 aromatic rings. The Morgan fingerprint density at radius 2 is 1.92 bits per heavy atom. The quantitative estimate of drug-likeness (QED) is 0.886. The highest BCUT2D eigenvalue weighted by Gasteiger charge is 2.39. The van der Waals surface area contributed by atoms with E-state index in [9.17, 15) is 13.2 Å². The molecule has 0 aliphatic carbocycles. The third-order valence-electron chi connectivity index (χ3n) is 4.31. The lowest BCUT2D eigenvalue weighted by Crippen LogP contribution is -2.43. The summed E-state index contributed by atoms with van der Waals surface area (Å²) in [5.41, 5.74) is 1.47. The third-order valence-corrected chi connectivity index (χ3v) is 6.47. The van der Waals surface area contributed by atoms with Gasteiger partial charge in [-0.1, -0.05) is 35.9 Å². The zero-order valence-electron chi connectivity index (χ0n) is 13.8. The third kappa shape index (κ3) is 3.71. The summed E-state index contributed by atoms with van der Waals surface area (Å²) >= 11 is 5.98. The van der Waals surface area contributed by atoms with Gasteiger partial charge in [0.25, 0.3) is 0 Å². The lowest BCUT2D eigenvalue weighted by atomic mass is 10.1. The van der Waals surface area contributed by atoms with Crippen LogP contribution in [0.1, 0.15) is 18.4 Å². The van der Waals surface area contributed by atoms with Crippen LogP contribution in [0, 0.1) is 6.92 Å². The normalized spacial score (nSPS) is 18.2. The van der Waals surface area contributed by atoms with E-state index < -0.39 is 16.1 Å². The van der Waals surface area contributed by atoms with Crippen molar-refractivity contribution in [1.82, 2.24) is 4.31 Å². The van der Waals surface area contributed by atoms with E-state index in [1.807, 2.05) is 13.0 Å². The Morgan fingerprint density at radius 1 is 1.20 bits per heavy atom. The van der Waals surface area contributed by atoms with E-state index >= 15 is 0 Å². The van der Waals surface area contributed by atoms with Crippen LogP contribution in [0.25, 0.3) is 0 Å². The Kier molecular flexibility index (Phi) is 5.13. The van der Waals surface area contributed by atoms with E-state index in [0.29, 0.717) is 30.1 Å². The molecule has 1 aliphatic heterocycles. The van der Waals surface area contributed by atoms with E-state index in [1.54, 1.807) is 42.5 Å². The first-order chi connectivity index (χ1) is 11.9. The highest BCUT2D eigenvalue weighted by molar-refractivity contribution is 7.89. The van der Waals surface area contributed by atoms with Gasteiger partial charge in [0, 0.05) is 17.3 Å². The molecule has 0 spiro atoms. The van der Waals surface area contributed by atoms with Crippen LogP contribution in [0.2, 0.25) is 5.02 Å². The largest absolute Gasteiger partial charge is 0.324 e. The van der Waals surface area contributed by atoms with E-state index in [-0.39, 0.29) is 10.8 Å². The predicted octanol–water partition coefficient (Wildman–Crippen LogP) is 3.44. The second kappa shape index (κ2) is 7.15. The number of aryl methyl sites for hydroxylation is 1.